The van der Waals surface area contributed by atoms with Gasteiger partial charge in [-0.2, -0.15) is 15.0 Å². The predicted molar refractivity (Wildman–Crippen MR) is 263 cm³/mol. The minimum Gasteiger partial charge on any atom is -0.475 e. The van der Waals surface area contributed by atoms with Gasteiger partial charge in [-0.15, -0.1) is 0 Å². The number of nitrogens with one attached hydrogen (secondary N) is 1. The summed E-state index contributed by atoms with van der Waals surface area (Å²) in [6.07, 6.45) is -0.00145. The third kappa shape index (κ3) is 11.9. The molecule has 65 heavy (non-hydrogen) atoms. The summed E-state index contributed by atoms with van der Waals surface area (Å²) in [5, 5.41) is 7.07. The van der Waals surface area contributed by atoms with Crippen LogP contribution in [-0.2, 0) is 0 Å². The fraction of sp³-hybridized carbons (Fsp3) is 0.208. The molecule has 8 aromatic rings. The van der Waals surface area contributed by atoms with Crippen LogP contribution in [0.4, 0.5) is 17.7 Å². The van der Waals surface area contributed by atoms with E-state index in [-0.39, 0.29) is 52.5 Å². The van der Waals surface area contributed by atoms with Crippen molar-refractivity contribution >= 4 is 74.1 Å². The third-order valence-corrected chi connectivity index (χ3v) is 10.3. The van der Waals surface area contributed by atoms with Crippen LogP contribution >= 0.6 is 34.8 Å². The van der Waals surface area contributed by atoms with Crippen molar-refractivity contribution in [1.82, 2.24) is 29.1 Å². The summed E-state index contributed by atoms with van der Waals surface area (Å²) in [6, 6.07) is 36.4. The van der Waals surface area contributed by atoms with Crippen molar-refractivity contribution < 1.29 is 9.47 Å². The van der Waals surface area contributed by atoms with E-state index in [1.807, 2.05) is 139 Å². The molecular formula is C48H49Cl3N10O4. The number of halogens is 3. The Hall–Kier alpha value is -6.71. The summed E-state index contributed by atoms with van der Waals surface area (Å²) >= 11 is 18.2. The molecule has 8 rings (SSSR count). The van der Waals surface area contributed by atoms with Gasteiger partial charge >= 0.3 is 0 Å². The number of nitrogens with two attached hydrogens (primary N) is 3. The Morgan fingerprint density at radius 1 is 0.554 bits per heavy atom. The molecule has 0 radical (unpaired) electrons. The summed E-state index contributed by atoms with van der Waals surface area (Å²) in [6.45, 7) is 11.4. The predicted octanol–water partition coefficient (Wildman–Crippen LogP) is 10.1. The van der Waals surface area contributed by atoms with Crippen molar-refractivity contribution in [3.63, 3.8) is 0 Å². The second-order valence-electron chi connectivity index (χ2n) is 15.3. The molecule has 14 nitrogen and oxygen atoms in total. The lowest BCUT2D eigenvalue weighted by atomic mass is 10.1. The lowest BCUT2D eigenvalue weighted by molar-refractivity contribution is 0.232. The molecule has 0 fully saturated rings. The van der Waals surface area contributed by atoms with Crippen LogP contribution in [0.2, 0.25) is 15.2 Å². The molecule has 0 aliphatic carbocycles. The van der Waals surface area contributed by atoms with Crippen LogP contribution < -0.4 is 43.1 Å². The first-order chi connectivity index (χ1) is 31.0. The van der Waals surface area contributed by atoms with E-state index in [0.29, 0.717) is 38.4 Å². The highest BCUT2D eigenvalue weighted by atomic mass is 35.5. The number of pyridine rings is 2. The number of aromatic nitrogens is 6. The molecule has 0 unspecified atom stereocenters. The van der Waals surface area contributed by atoms with E-state index in [1.165, 1.54) is 6.07 Å². The molecule has 4 aromatic heterocycles. The van der Waals surface area contributed by atoms with Crippen LogP contribution in [0.25, 0.3) is 32.9 Å². The number of para-hydroxylation sites is 2. The second-order valence-corrected chi connectivity index (χ2v) is 16.5. The molecule has 0 saturated carbocycles. The van der Waals surface area contributed by atoms with Crippen molar-refractivity contribution in [3.8, 4) is 23.1 Å². The Balaban J connectivity index is 0.000000181. The van der Waals surface area contributed by atoms with E-state index < -0.39 is 0 Å². The number of ether oxygens (including phenoxy) is 2. The molecule has 336 valence electrons. The first-order valence-electron chi connectivity index (χ1n) is 20.6. The number of rotatable bonds is 10. The standard InChI is InChI=1S/C24H24ClN5O2.C17H15ClN2O.C7H10ClN3O/c1-14(2)32-21-13-20(28-24(26)29-21)27-15(3)19-12-16-8-7-11-18(25)22(16)23(31)30(19)17-9-5-4-6-10-17;1-11(19)15-10-12-6-5-9-14(18)16(12)17(21)20(15)13-7-3-2-4-8-13;1-4(2)12-6-3-5(8)10-7(9)11-6/h4-15H,1-3H3,(H3,26,27,28,29);2-11H,19H2,1H3;3-4H,1-2H3,(H2,9,10,11)/t15-;11-;/m00./s1. The van der Waals surface area contributed by atoms with Gasteiger partial charge in [0.05, 0.1) is 39.1 Å². The maximum Gasteiger partial charge on any atom is 0.264 e. The average molecular weight is 936 g/mol. The van der Waals surface area contributed by atoms with Gasteiger partial charge < -0.3 is 32.0 Å². The SMILES string of the molecule is CC(C)Oc1cc(Cl)nc(N)n1.CC(C)Oc1cc(N[C@@H](C)c2cc3cccc(Cl)c3c(=O)n2-c2ccccc2)nc(N)n1.C[C@H](N)c1cc2cccc(Cl)c2c(=O)n1-c1ccccc1. The normalized spacial score (nSPS) is 11.9. The number of hydrogen-bond donors (Lipinski definition) is 4. The molecule has 0 amide bonds. The fourth-order valence-electron chi connectivity index (χ4n) is 6.85. The zero-order valence-corrected chi connectivity index (χ0v) is 38.8. The van der Waals surface area contributed by atoms with Gasteiger partial charge in [0.1, 0.15) is 11.0 Å². The number of benzene rings is 4. The van der Waals surface area contributed by atoms with Gasteiger partial charge in [-0.05, 0) is 101 Å². The molecule has 0 aliphatic rings. The molecule has 0 saturated heterocycles. The van der Waals surface area contributed by atoms with E-state index in [2.05, 4.69) is 25.3 Å². The molecule has 17 heteroatoms. The first kappa shape index (κ1) is 47.8. The summed E-state index contributed by atoms with van der Waals surface area (Å²) in [4.78, 5) is 42.4. The van der Waals surface area contributed by atoms with E-state index in [9.17, 15) is 9.59 Å². The highest BCUT2D eigenvalue weighted by Gasteiger charge is 2.19. The number of fused-ring (bicyclic) bond motifs is 2. The summed E-state index contributed by atoms with van der Waals surface area (Å²) in [5.41, 5.74) is 20.0. The molecule has 0 bridgehead atoms. The largest absolute Gasteiger partial charge is 0.475 e. The van der Waals surface area contributed by atoms with Gasteiger partial charge in [0.2, 0.25) is 23.7 Å². The van der Waals surface area contributed by atoms with Crippen molar-refractivity contribution in [2.24, 2.45) is 5.73 Å². The van der Waals surface area contributed by atoms with Crippen LogP contribution in [0.3, 0.4) is 0 Å². The highest BCUT2D eigenvalue weighted by Crippen LogP contribution is 2.29. The Kier molecular flexibility index (Phi) is 15.7. The van der Waals surface area contributed by atoms with Crippen LogP contribution in [0.15, 0.2) is 131 Å². The molecule has 4 heterocycles. The summed E-state index contributed by atoms with van der Waals surface area (Å²) in [5.74, 6) is 1.51. The van der Waals surface area contributed by atoms with E-state index >= 15 is 0 Å². The van der Waals surface area contributed by atoms with Crippen LogP contribution in [0, 0.1) is 0 Å². The Labute approximate surface area is 391 Å². The van der Waals surface area contributed by atoms with Gasteiger partial charge in [-0.3, -0.25) is 18.7 Å². The van der Waals surface area contributed by atoms with E-state index in [0.717, 1.165) is 33.5 Å². The molecule has 0 aliphatic heterocycles. The number of nitrogens with zero attached hydrogens (tertiary/aromatic N) is 6. The van der Waals surface area contributed by atoms with Gasteiger partial charge in [0, 0.05) is 40.9 Å². The van der Waals surface area contributed by atoms with E-state index in [4.69, 9.17) is 61.5 Å². The Morgan fingerprint density at radius 2 is 1.00 bits per heavy atom. The van der Waals surface area contributed by atoms with Crippen molar-refractivity contribution in [3.05, 3.63) is 169 Å². The van der Waals surface area contributed by atoms with Gasteiger partial charge in [0.25, 0.3) is 11.1 Å². The van der Waals surface area contributed by atoms with Crippen molar-refractivity contribution in [1.29, 1.82) is 0 Å². The number of hydrogen-bond acceptors (Lipinski definition) is 12. The summed E-state index contributed by atoms with van der Waals surface area (Å²) in [7, 11) is 0. The van der Waals surface area contributed by atoms with Crippen LogP contribution in [-0.4, -0.2) is 41.3 Å². The fourth-order valence-corrected chi connectivity index (χ4v) is 7.56. The van der Waals surface area contributed by atoms with Crippen LogP contribution in [0.1, 0.15) is 65.0 Å². The van der Waals surface area contributed by atoms with Gasteiger partial charge in [-0.25, -0.2) is 4.98 Å². The number of anilines is 3. The second kappa shape index (κ2) is 21.3. The average Bonchev–Trinajstić information content (AvgIpc) is 3.23. The monoisotopic (exact) mass is 934 g/mol. The highest BCUT2D eigenvalue weighted by molar-refractivity contribution is 6.35. The third-order valence-electron chi connectivity index (χ3n) is 9.47. The molecule has 2 atom stereocenters. The lowest BCUT2D eigenvalue weighted by Gasteiger charge is -2.22. The molecule has 0 spiro atoms. The minimum absolute atomic E-state index is 0.0513. The van der Waals surface area contributed by atoms with Gasteiger partial charge in [0.15, 0.2) is 0 Å². The first-order valence-corrected chi connectivity index (χ1v) is 21.7. The lowest BCUT2D eigenvalue weighted by Crippen LogP contribution is -2.26. The van der Waals surface area contributed by atoms with Gasteiger partial charge in [-0.1, -0.05) is 95.5 Å². The quantitative estimate of drug-likeness (QED) is 0.0946. The van der Waals surface area contributed by atoms with Crippen LogP contribution in [0.5, 0.6) is 11.8 Å². The Bertz CT molecular complexity index is 3020. The minimum atomic E-state index is -0.299. The van der Waals surface area contributed by atoms with Crippen molar-refractivity contribution in [2.75, 3.05) is 16.8 Å². The van der Waals surface area contributed by atoms with E-state index in [1.54, 1.807) is 27.3 Å². The topological polar surface area (TPSA) is 204 Å². The Morgan fingerprint density at radius 3 is 1.46 bits per heavy atom. The molecular weight excluding hydrogens is 887 g/mol. The number of nitrogen functional groups attached to an aromatic ring is 2. The molecule has 4 aromatic carbocycles. The van der Waals surface area contributed by atoms with Crippen molar-refractivity contribution in [2.45, 2.75) is 65.8 Å². The maximum absolute atomic E-state index is 13.5. The molecule has 7 N–H and O–H groups in total. The zero-order chi connectivity index (χ0) is 46.9. The maximum atomic E-state index is 13.5. The smallest absolute Gasteiger partial charge is 0.264 e. The summed E-state index contributed by atoms with van der Waals surface area (Å²) < 4.78 is 14.2. The zero-order valence-electron chi connectivity index (χ0n) is 36.5.